The van der Waals surface area contributed by atoms with Gasteiger partial charge in [-0.15, -0.1) is 0 Å². The molecule has 2 fully saturated rings. The summed E-state index contributed by atoms with van der Waals surface area (Å²) >= 11 is 0. The Hall–Kier alpha value is -1.49. The molecule has 1 heterocycles. The van der Waals surface area contributed by atoms with Gasteiger partial charge in [0, 0.05) is 12.6 Å². The Morgan fingerprint density at radius 2 is 1.74 bits per heavy atom. The van der Waals surface area contributed by atoms with Gasteiger partial charge in [0.05, 0.1) is 11.6 Å². The smallest absolute Gasteiger partial charge is 0.240 e. The van der Waals surface area contributed by atoms with Gasteiger partial charge in [-0.2, -0.15) is 0 Å². The molecule has 1 saturated heterocycles. The average molecular weight is 266 g/mol. The van der Waals surface area contributed by atoms with Crippen molar-refractivity contribution in [2.45, 2.75) is 37.3 Å². The van der Waals surface area contributed by atoms with E-state index < -0.39 is 17.2 Å². The van der Waals surface area contributed by atoms with Crippen molar-refractivity contribution in [3.05, 3.63) is 35.4 Å². The fourth-order valence-corrected chi connectivity index (χ4v) is 3.09. The highest BCUT2D eigenvalue weighted by molar-refractivity contribution is 5.87. The highest BCUT2D eigenvalue weighted by atomic mass is 19.1. The van der Waals surface area contributed by atoms with E-state index in [0.29, 0.717) is 12.1 Å². The van der Waals surface area contributed by atoms with Crippen LogP contribution in [0.1, 0.15) is 37.3 Å². The van der Waals surface area contributed by atoms with E-state index in [9.17, 15) is 13.6 Å². The maximum Gasteiger partial charge on any atom is 0.240 e. The van der Waals surface area contributed by atoms with Crippen LogP contribution in [0, 0.1) is 11.6 Å². The molecular formula is C14H16F2N2O. The molecule has 1 aromatic carbocycles. The normalized spacial score (nSPS) is 25.6. The van der Waals surface area contributed by atoms with Crippen LogP contribution >= 0.6 is 0 Å². The number of rotatable bonds is 1. The molecule has 2 aliphatic rings. The maximum absolute atomic E-state index is 13.2. The van der Waals surface area contributed by atoms with E-state index in [0.717, 1.165) is 31.7 Å². The minimum Gasteiger partial charge on any atom is -0.346 e. The molecule has 1 amide bonds. The summed E-state index contributed by atoms with van der Waals surface area (Å²) in [6.45, 7) is 0.509. The van der Waals surface area contributed by atoms with Crippen LogP contribution in [0.3, 0.4) is 0 Å². The fourth-order valence-electron chi connectivity index (χ4n) is 3.09. The first-order chi connectivity index (χ1) is 9.09. The largest absolute Gasteiger partial charge is 0.346 e. The van der Waals surface area contributed by atoms with Crippen LogP contribution in [0.2, 0.25) is 0 Å². The van der Waals surface area contributed by atoms with Gasteiger partial charge in [0.15, 0.2) is 0 Å². The summed E-state index contributed by atoms with van der Waals surface area (Å²) < 4.78 is 26.4. The zero-order chi connectivity index (χ0) is 13.5. The molecule has 3 rings (SSSR count). The van der Waals surface area contributed by atoms with Gasteiger partial charge < -0.3 is 10.6 Å². The Kier molecular flexibility index (Phi) is 3.01. The summed E-state index contributed by atoms with van der Waals surface area (Å²) in [6, 6.07) is 2.99. The summed E-state index contributed by atoms with van der Waals surface area (Å²) in [7, 11) is 0. The molecule has 0 radical (unpaired) electrons. The Morgan fingerprint density at radius 3 is 2.32 bits per heavy atom. The molecule has 1 atom stereocenters. The van der Waals surface area contributed by atoms with E-state index in [1.807, 2.05) is 0 Å². The number of amides is 1. The molecule has 102 valence electrons. The lowest BCUT2D eigenvalue weighted by Gasteiger charge is -2.38. The Morgan fingerprint density at radius 1 is 1.11 bits per heavy atom. The zero-order valence-electron chi connectivity index (χ0n) is 10.5. The van der Waals surface area contributed by atoms with Gasteiger partial charge in [0.1, 0.15) is 11.6 Å². The van der Waals surface area contributed by atoms with Gasteiger partial charge in [-0.25, -0.2) is 8.78 Å². The number of hydrogen-bond donors (Lipinski definition) is 2. The van der Waals surface area contributed by atoms with E-state index >= 15 is 0 Å². The van der Waals surface area contributed by atoms with Crippen LogP contribution in [0.5, 0.6) is 0 Å². The Labute approximate surface area is 110 Å². The maximum atomic E-state index is 13.2. The average Bonchev–Trinajstić information content (AvgIpc) is 2.81. The SMILES string of the molecule is O=C1N[C@@H](c2cc(F)cc(F)c2)CNC12CCCC2. The lowest BCUT2D eigenvalue weighted by Crippen LogP contribution is -2.62. The van der Waals surface area contributed by atoms with Gasteiger partial charge >= 0.3 is 0 Å². The van der Waals surface area contributed by atoms with Crippen LogP contribution in [0.15, 0.2) is 18.2 Å². The third-order valence-electron chi connectivity index (χ3n) is 4.13. The number of piperazine rings is 1. The number of hydrogen-bond acceptors (Lipinski definition) is 2. The number of carbonyl (C=O) groups excluding carboxylic acids is 1. The second-order valence-electron chi connectivity index (χ2n) is 5.40. The third kappa shape index (κ3) is 2.23. The Bertz CT molecular complexity index is 492. The summed E-state index contributed by atoms with van der Waals surface area (Å²) in [4.78, 5) is 12.2. The molecular weight excluding hydrogens is 250 g/mol. The highest BCUT2D eigenvalue weighted by Crippen LogP contribution is 2.33. The van der Waals surface area contributed by atoms with Crippen LogP contribution in [-0.2, 0) is 4.79 Å². The third-order valence-corrected chi connectivity index (χ3v) is 4.13. The van der Waals surface area contributed by atoms with Gasteiger partial charge in [-0.1, -0.05) is 12.8 Å². The molecule has 19 heavy (non-hydrogen) atoms. The van der Waals surface area contributed by atoms with E-state index in [1.165, 1.54) is 12.1 Å². The quantitative estimate of drug-likeness (QED) is 0.816. The summed E-state index contributed by atoms with van der Waals surface area (Å²) in [5.41, 5.74) is 0.00809. The molecule has 1 aliphatic heterocycles. The molecule has 3 nitrogen and oxygen atoms in total. The molecule has 0 unspecified atom stereocenters. The second-order valence-corrected chi connectivity index (χ2v) is 5.40. The minimum atomic E-state index is -0.620. The molecule has 2 N–H and O–H groups in total. The summed E-state index contributed by atoms with van der Waals surface area (Å²) in [5, 5.41) is 6.16. The predicted octanol–water partition coefficient (Wildman–Crippen LogP) is 2.04. The topological polar surface area (TPSA) is 41.1 Å². The predicted molar refractivity (Wildman–Crippen MR) is 66.4 cm³/mol. The second kappa shape index (κ2) is 4.56. The first-order valence-electron chi connectivity index (χ1n) is 6.61. The van der Waals surface area contributed by atoms with Gasteiger partial charge in [0.2, 0.25) is 5.91 Å². The number of halogens is 2. The van der Waals surface area contributed by atoms with Crippen molar-refractivity contribution in [3.63, 3.8) is 0 Å². The van der Waals surface area contributed by atoms with Gasteiger partial charge in [0.25, 0.3) is 0 Å². The fraction of sp³-hybridized carbons (Fsp3) is 0.500. The van der Waals surface area contributed by atoms with Gasteiger partial charge in [-0.3, -0.25) is 4.79 Å². The van der Waals surface area contributed by atoms with E-state index in [-0.39, 0.29) is 11.9 Å². The molecule has 1 aromatic rings. The number of carbonyl (C=O) groups is 1. The van der Waals surface area contributed by atoms with Crippen LogP contribution in [0.25, 0.3) is 0 Å². The minimum absolute atomic E-state index is 0.0501. The number of benzene rings is 1. The van der Waals surface area contributed by atoms with Crippen molar-refractivity contribution in [1.82, 2.24) is 10.6 Å². The summed E-state index contributed by atoms with van der Waals surface area (Å²) in [5.74, 6) is -1.29. The van der Waals surface area contributed by atoms with Crippen LogP contribution in [-0.4, -0.2) is 18.0 Å². The molecule has 0 aromatic heterocycles. The van der Waals surface area contributed by atoms with Crippen molar-refractivity contribution < 1.29 is 13.6 Å². The van der Waals surface area contributed by atoms with Crippen molar-refractivity contribution in [2.24, 2.45) is 0 Å². The monoisotopic (exact) mass is 266 g/mol. The zero-order valence-corrected chi connectivity index (χ0v) is 10.5. The van der Waals surface area contributed by atoms with E-state index in [4.69, 9.17) is 0 Å². The standard InChI is InChI=1S/C14H16F2N2O/c15-10-5-9(6-11(16)7-10)12-8-17-14(13(19)18-12)3-1-2-4-14/h5-7,12,17H,1-4,8H2,(H,18,19)/t12-/m1/s1. The number of nitrogens with one attached hydrogen (secondary N) is 2. The van der Waals surface area contributed by atoms with Crippen molar-refractivity contribution in [3.8, 4) is 0 Å². The van der Waals surface area contributed by atoms with Crippen molar-refractivity contribution >= 4 is 5.91 Å². The molecule has 1 saturated carbocycles. The van der Waals surface area contributed by atoms with Crippen molar-refractivity contribution in [2.75, 3.05) is 6.54 Å². The lowest BCUT2D eigenvalue weighted by molar-refractivity contribution is -0.130. The lowest BCUT2D eigenvalue weighted by atomic mass is 9.91. The first kappa shape index (κ1) is 12.5. The molecule has 5 heteroatoms. The van der Waals surface area contributed by atoms with Crippen molar-refractivity contribution in [1.29, 1.82) is 0 Å². The van der Waals surface area contributed by atoms with Gasteiger partial charge in [-0.05, 0) is 30.5 Å². The summed E-state index contributed by atoms with van der Waals surface area (Å²) in [6.07, 6.45) is 3.76. The molecule has 0 bridgehead atoms. The Balaban J connectivity index is 1.80. The van der Waals surface area contributed by atoms with E-state index in [1.54, 1.807) is 0 Å². The van der Waals surface area contributed by atoms with E-state index in [2.05, 4.69) is 10.6 Å². The first-order valence-corrected chi connectivity index (χ1v) is 6.61. The van der Waals surface area contributed by atoms with Crippen LogP contribution in [0.4, 0.5) is 8.78 Å². The molecule has 1 aliphatic carbocycles. The highest BCUT2D eigenvalue weighted by Gasteiger charge is 2.44. The van der Waals surface area contributed by atoms with Crippen LogP contribution < -0.4 is 10.6 Å². The molecule has 1 spiro atoms.